The summed E-state index contributed by atoms with van der Waals surface area (Å²) in [5.41, 5.74) is -0.310. The lowest BCUT2D eigenvalue weighted by atomic mass is 9.41. The van der Waals surface area contributed by atoms with Crippen LogP contribution in [0.1, 0.15) is 72.1 Å². The highest BCUT2D eigenvalue weighted by atomic mass is 16.3. The first-order valence-electron chi connectivity index (χ1n) is 9.69. The SMILES string of the molecule is CC1(C)C(O)CC[C@]2(C)C1CC[C@@]13C[C@@H](CCC12)[C@@](O)(CO)C3. The Morgan fingerprint density at radius 1 is 0.957 bits per heavy atom. The average Bonchev–Trinajstić information content (AvgIpc) is 2.70. The van der Waals surface area contributed by atoms with E-state index in [0.29, 0.717) is 17.8 Å². The van der Waals surface area contributed by atoms with Gasteiger partial charge in [0.15, 0.2) is 0 Å². The smallest absolute Gasteiger partial charge is 0.0910 e. The van der Waals surface area contributed by atoms with Crippen LogP contribution in [-0.4, -0.2) is 33.6 Å². The summed E-state index contributed by atoms with van der Waals surface area (Å²) < 4.78 is 0. The third-order valence-electron chi connectivity index (χ3n) is 9.12. The molecule has 4 aliphatic rings. The minimum absolute atomic E-state index is 0.00263. The Kier molecular flexibility index (Phi) is 3.37. The number of aliphatic hydroxyl groups excluding tert-OH is 2. The van der Waals surface area contributed by atoms with Crippen molar-refractivity contribution < 1.29 is 15.3 Å². The number of fused-ring (bicyclic) bond motifs is 3. The fraction of sp³-hybridized carbons (Fsp3) is 1.00. The van der Waals surface area contributed by atoms with E-state index < -0.39 is 5.60 Å². The van der Waals surface area contributed by atoms with Gasteiger partial charge in [-0.1, -0.05) is 20.8 Å². The van der Waals surface area contributed by atoms with Crippen LogP contribution in [0.3, 0.4) is 0 Å². The molecule has 0 amide bonds. The standard InChI is InChI=1S/C20H34O3/c1-17(2)14-6-9-19-10-13(20(23,11-19)12-21)4-5-15(19)18(14,3)8-7-16(17)22/h13-16,21-23H,4-12H2,1-3H3/t13-,14?,15?,16?,18-,19+,20+/m1/s1. The van der Waals surface area contributed by atoms with Crippen molar-refractivity contribution in [1.29, 1.82) is 0 Å². The van der Waals surface area contributed by atoms with E-state index in [1.54, 1.807) is 0 Å². The summed E-state index contributed by atoms with van der Waals surface area (Å²) in [6, 6.07) is 0. The van der Waals surface area contributed by atoms with Crippen LogP contribution in [0, 0.1) is 34.0 Å². The molecule has 0 aromatic rings. The van der Waals surface area contributed by atoms with E-state index >= 15 is 0 Å². The van der Waals surface area contributed by atoms with Crippen molar-refractivity contribution in [3.8, 4) is 0 Å². The lowest BCUT2D eigenvalue weighted by Gasteiger charge is -2.64. The average molecular weight is 322 g/mol. The molecular weight excluding hydrogens is 288 g/mol. The lowest BCUT2D eigenvalue weighted by molar-refractivity contribution is -0.180. The minimum atomic E-state index is -0.832. The molecular formula is C20H34O3. The van der Waals surface area contributed by atoms with E-state index in [4.69, 9.17) is 0 Å². The predicted molar refractivity (Wildman–Crippen MR) is 89.8 cm³/mol. The summed E-state index contributed by atoms with van der Waals surface area (Å²) in [5.74, 6) is 1.53. The van der Waals surface area contributed by atoms with Crippen LogP contribution in [0.15, 0.2) is 0 Å². The molecule has 3 N–H and O–H groups in total. The molecule has 2 bridgehead atoms. The molecule has 4 fully saturated rings. The maximum Gasteiger partial charge on any atom is 0.0910 e. The van der Waals surface area contributed by atoms with Gasteiger partial charge >= 0.3 is 0 Å². The van der Waals surface area contributed by atoms with Gasteiger partial charge in [0, 0.05) is 0 Å². The van der Waals surface area contributed by atoms with Crippen LogP contribution >= 0.6 is 0 Å². The monoisotopic (exact) mass is 322 g/mol. The molecule has 3 unspecified atom stereocenters. The molecule has 0 aromatic heterocycles. The summed E-state index contributed by atoms with van der Waals surface area (Å²) in [5, 5.41) is 31.3. The lowest BCUT2D eigenvalue weighted by Crippen LogP contribution is -2.59. The molecule has 3 heteroatoms. The van der Waals surface area contributed by atoms with Gasteiger partial charge in [0.1, 0.15) is 0 Å². The van der Waals surface area contributed by atoms with E-state index in [0.717, 1.165) is 32.1 Å². The molecule has 4 saturated carbocycles. The summed E-state index contributed by atoms with van der Waals surface area (Å²) in [4.78, 5) is 0. The second kappa shape index (κ2) is 4.74. The van der Waals surface area contributed by atoms with Crippen LogP contribution in [0.2, 0.25) is 0 Å². The Morgan fingerprint density at radius 3 is 2.39 bits per heavy atom. The van der Waals surface area contributed by atoms with Crippen molar-refractivity contribution in [2.24, 2.45) is 34.0 Å². The fourth-order valence-corrected chi connectivity index (χ4v) is 8.02. The third-order valence-corrected chi connectivity index (χ3v) is 9.12. The topological polar surface area (TPSA) is 60.7 Å². The molecule has 0 radical (unpaired) electrons. The zero-order valence-corrected chi connectivity index (χ0v) is 15.0. The molecule has 0 saturated heterocycles. The largest absolute Gasteiger partial charge is 0.393 e. The summed E-state index contributed by atoms with van der Waals surface area (Å²) in [7, 11) is 0. The second-order valence-corrected chi connectivity index (χ2v) is 10.3. The van der Waals surface area contributed by atoms with E-state index in [9.17, 15) is 15.3 Å². The van der Waals surface area contributed by atoms with Crippen molar-refractivity contribution in [1.82, 2.24) is 0 Å². The van der Waals surface area contributed by atoms with Crippen LogP contribution in [0.4, 0.5) is 0 Å². The Bertz CT molecular complexity index is 503. The van der Waals surface area contributed by atoms with E-state index in [2.05, 4.69) is 20.8 Å². The number of hydrogen-bond donors (Lipinski definition) is 3. The Labute approximate surface area is 140 Å². The normalized spacial score (nSPS) is 57.7. The molecule has 3 nitrogen and oxygen atoms in total. The quantitative estimate of drug-likeness (QED) is 0.695. The van der Waals surface area contributed by atoms with Crippen LogP contribution < -0.4 is 0 Å². The van der Waals surface area contributed by atoms with E-state index in [1.165, 1.54) is 19.3 Å². The van der Waals surface area contributed by atoms with Gasteiger partial charge in [-0.3, -0.25) is 0 Å². The maximum atomic E-state index is 10.9. The van der Waals surface area contributed by atoms with E-state index in [1.807, 2.05) is 0 Å². The summed E-state index contributed by atoms with van der Waals surface area (Å²) in [6.45, 7) is 6.94. The van der Waals surface area contributed by atoms with Gasteiger partial charge in [-0.2, -0.15) is 0 Å². The molecule has 23 heavy (non-hydrogen) atoms. The first-order valence-corrected chi connectivity index (χ1v) is 9.69. The molecule has 0 heterocycles. The summed E-state index contributed by atoms with van der Waals surface area (Å²) in [6.07, 6.45) is 8.39. The Balaban J connectivity index is 1.72. The molecule has 4 aliphatic carbocycles. The Hall–Kier alpha value is -0.120. The Morgan fingerprint density at radius 2 is 1.70 bits per heavy atom. The first kappa shape index (κ1) is 16.4. The van der Waals surface area contributed by atoms with Crippen LogP contribution in [-0.2, 0) is 0 Å². The van der Waals surface area contributed by atoms with Gasteiger partial charge in [0.2, 0.25) is 0 Å². The van der Waals surface area contributed by atoms with Crippen molar-refractivity contribution in [2.75, 3.05) is 6.61 Å². The molecule has 0 aliphatic heterocycles. The predicted octanol–water partition coefficient (Wildman–Crippen LogP) is 3.11. The minimum Gasteiger partial charge on any atom is -0.393 e. The first-order chi connectivity index (χ1) is 10.7. The molecule has 4 rings (SSSR count). The van der Waals surface area contributed by atoms with Crippen LogP contribution in [0.25, 0.3) is 0 Å². The molecule has 7 atom stereocenters. The zero-order valence-electron chi connectivity index (χ0n) is 15.0. The zero-order chi connectivity index (χ0) is 16.7. The van der Waals surface area contributed by atoms with Crippen molar-refractivity contribution in [2.45, 2.75) is 83.8 Å². The van der Waals surface area contributed by atoms with Gasteiger partial charge in [-0.25, -0.2) is 0 Å². The highest BCUT2D eigenvalue weighted by Gasteiger charge is 2.67. The van der Waals surface area contributed by atoms with Crippen LogP contribution in [0.5, 0.6) is 0 Å². The number of rotatable bonds is 1. The van der Waals surface area contributed by atoms with Gasteiger partial charge in [-0.15, -0.1) is 0 Å². The second-order valence-electron chi connectivity index (χ2n) is 10.3. The maximum absolute atomic E-state index is 10.9. The highest BCUT2D eigenvalue weighted by molar-refractivity contribution is 5.17. The molecule has 1 spiro atoms. The highest BCUT2D eigenvalue weighted by Crippen LogP contribution is 2.72. The van der Waals surface area contributed by atoms with Crippen molar-refractivity contribution in [3.05, 3.63) is 0 Å². The fourth-order valence-electron chi connectivity index (χ4n) is 8.02. The van der Waals surface area contributed by atoms with Gasteiger partial charge in [0.05, 0.1) is 18.3 Å². The number of hydrogen-bond acceptors (Lipinski definition) is 3. The van der Waals surface area contributed by atoms with Gasteiger partial charge in [0.25, 0.3) is 0 Å². The van der Waals surface area contributed by atoms with Crippen molar-refractivity contribution >= 4 is 0 Å². The van der Waals surface area contributed by atoms with Gasteiger partial charge < -0.3 is 15.3 Å². The van der Waals surface area contributed by atoms with Crippen molar-refractivity contribution in [3.63, 3.8) is 0 Å². The number of aliphatic hydroxyl groups is 3. The third kappa shape index (κ3) is 1.93. The summed E-state index contributed by atoms with van der Waals surface area (Å²) >= 11 is 0. The molecule has 0 aromatic carbocycles. The van der Waals surface area contributed by atoms with Gasteiger partial charge in [-0.05, 0) is 85.4 Å². The van der Waals surface area contributed by atoms with E-state index in [-0.39, 0.29) is 29.0 Å². The molecule has 132 valence electrons.